The molecule has 1 aliphatic rings. The van der Waals surface area contributed by atoms with E-state index in [2.05, 4.69) is 10.6 Å². The van der Waals surface area contributed by atoms with E-state index < -0.39 is 47.3 Å². The highest BCUT2D eigenvalue weighted by Crippen LogP contribution is 2.30. The van der Waals surface area contributed by atoms with Crippen molar-refractivity contribution < 1.29 is 46.3 Å². The molecule has 0 aromatic heterocycles. The third-order valence-electron chi connectivity index (χ3n) is 2.89. The molecule has 24 heavy (non-hydrogen) atoms. The summed E-state index contributed by atoms with van der Waals surface area (Å²) in [7, 11) is -10.4. The van der Waals surface area contributed by atoms with Gasteiger partial charge in [-0.3, -0.25) is 9.11 Å². The first kappa shape index (κ1) is 20.3. The largest absolute Gasteiger partial charge is 0.871 e. The van der Waals surface area contributed by atoms with Crippen molar-refractivity contribution in [3.05, 3.63) is 17.7 Å². The average molecular weight is 384 g/mol. The molecule has 0 unspecified atom stereocenters. The van der Waals surface area contributed by atoms with Crippen LogP contribution in [-0.2, 0) is 20.2 Å². The van der Waals surface area contributed by atoms with Crippen LogP contribution in [0, 0.1) is 0 Å². The van der Waals surface area contributed by atoms with E-state index in [0.29, 0.717) is 12.1 Å². The Bertz CT molecular complexity index is 803. The molecule has 0 amide bonds. The van der Waals surface area contributed by atoms with E-state index in [1.807, 2.05) is 0 Å². The summed E-state index contributed by atoms with van der Waals surface area (Å²) in [5, 5.41) is 25.6. The van der Waals surface area contributed by atoms with Crippen molar-refractivity contribution in [2.45, 2.75) is 9.79 Å². The summed E-state index contributed by atoms with van der Waals surface area (Å²) in [6, 6.07) is 0.895. The highest BCUT2D eigenvalue weighted by molar-refractivity contribution is 7.89. The Kier molecular flexibility index (Phi) is 6.65. The predicted octanol–water partition coefficient (Wildman–Crippen LogP) is -2.90. The maximum Gasteiger partial charge on any atom is 0.335 e. The van der Waals surface area contributed by atoms with Crippen molar-refractivity contribution in [1.29, 1.82) is 0 Å². The summed E-state index contributed by atoms with van der Waals surface area (Å²) in [6.07, 6.45) is 0. The van der Waals surface area contributed by atoms with Gasteiger partial charge in [0.2, 0.25) is 0 Å². The number of aromatic carboxylic acids is 1. The summed E-state index contributed by atoms with van der Waals surface area (Å²) in [5.41, 5.74) is -1.06. The van der Waals surface area contributed by atoms with E-state index in [0.717, 1.165) is 0 Å². The number of carbonyl (C=O) groups is 1. The number of nitrogens with two attached hydrogens (primary N) is 1. The Balaban J connectivity index is 0.000000400. The molecule has 136 valence electrons. The molecule has 0 bridgehead atoms. The zero-order chi connectivity index (χ0) is 18.5. The molecule has 1 heterocycles. The van der Waals surface area contributed by atoms with Gasteiger partial charge in [0.25, 0.3) is 20.2 Å². The van der Waals surface area contributed by atoms with Gasteiger partial charge in [-0.25, -0.2) is 4.79 Å². The van der Waals surface area contributed by atoms with E-state index in [9.17, 15) is 26.7 Å². The minimum absolute atomic E-state index is 0.392. The number of hydrogen-bond donors (Lipinski definition) is 5. The van der Waals surface area contributed by atoms with Crippen LogP contribution < -0.4 is 15.7 Å². The molecule has 0 aliphatic carbocycles. The lowest BCUT2D eigenvalue weighted by molar-refractivity contribution is -0.657. The summed E-state index contributed by atoms with van der Waals surface area (Å²) >= 11 is 0. The van der Waals surface area contributed by atoms with Crippen molar-refractivity contribution >= 4 is 26.2 Å². The summed E-state index contributed by atoms with van der Waals surface area (Å²) in [4.78, 5) is 7.48. The Morgan fingerprint density at radius 2 is 1.62 bits per heavy atom. The number of carboxylic acids is 1. The molecule has 1 aromatic carbocycles. The SMILES string of the molecule is C1C[NH2+]CCN1.O=C(O)c1ccc(S(=O)(=O)O)c(S(=O)(=O)O)c1[O-]. The second-order valence-electron chi connectivity index (χ2n) is 4.64. The fraction of sp³-hybridized carbons (Fsp3) is 0.364. The molecule has 0 saturated carbocycles. The molecule has 2 rings (SSSR count). The fourth-order valence-corrected chi connectivity index (χ4v) is 3.70. The first-order chi connectivity index (χ1) is 11.0. The number of hydrogen-bond acceptors (Lipinski definition) is 7. The second kappa shape index (κ2) is 7.87. The topological polar surface area (TPSA) is 198 Å². The maximum atomic E-state index is 11.4. The Morgan fingerprint density at radius 1 is 1.08 bits per heavy atom. The third kappa shape index (κ3) is 5.40. The number of quaternary nitrogens is 1. The van der Waals surface area contributed by atoms with Crippen LogP contribution in [0.1, 0.15) is 10.4 Å². The van der Waals surface area contributed by atoms with E-state index in [4.69, 9.17) is 14.2 Å². The van der Waals surface area contributed by atoms with Gasteiger partial charge in [0.05, 0.1) is 18.7 Å². The van der Waals surface area contributed by atoms with Crippen LogP contribution in [-0.4, -0.2) is 63.2 Å². The van der Waals surface area contributed by atoms with Gasteiger partial charge >= 0.3 is 5.97 Å². The van der Waals surface area contributed by atoms with Gasteiger partial charge in [-0.1, -0.05) is 5.75 Å². The predicted molar refractivity (Wildman–Crippen MR) is 77.0 cm³/mol. The molecule has 1 aromatic rings. The third-order valence-corrected chi connectivity index (χ3v) is 4.84. The second-order valence-corrected chi connectivity index (χ2v) is 7.39. The van der Waals surface area contributed by atoms with Crippen molar-refractivity contribution in [3.63, 3.8) is 0 Å². The summed E-state index contributed by atoms with van der Waals surface area (Å²) in [6.45, 7) is 4.92. The number of rotatable bonds is 3. The molecule has 1 saturated heterocycles. The molecule has 1 aliphatic heterocycles. The highest BCUT2D eigenvalue weighted by atomic mass is 32.2. The number of piperazine rings is 1. The van der Waals surface area contributed by atoms with Crippen LogP contribution in [0.4, 0.5) is 0 Å². The van der Waals surface area contributed by atoms with E-state index in [1.54, 1.807) is 0 Å². The standard InChI is InChI=1S/C7H6O9S2.C4H10N2/c8-5-3(7(9)10)1-2-4(17(11,12)13)6(5)18(14,15)16;1-2-6-4-3-5-1/h1-2,8H,(H,9,10)(H,11,12,13)(H,14,15,16);5-6H,1-4H2. The summed E-state index contributed by atoms with van der Waals surface area (Å²) < 4.78 is 60.8. The number of benzene rings is 1. The molecule has 11 nitrogen and oxygen atoms in total. The number of carboxylic acid groups (broad SMARTS) is 1. The zero-order valence-electron chi connectivity index (χ0n) is 12.2. The van der Waals surface area contributed by atoms with Gasteiger partial charge < -0.3 is 20.8 Å². The van der Waals surface area contributed by atoms with Gasteiger partial charge in [-0.2, -0.15) is 16.8 Å². The van der Waals surface area contributed by atoms with Crippen molar-refractivity contribution in [2.24, 2.45) is 0 Å². The van der Waals surface area contributed by atoms with Gasteiger partial charge in [-0.15, -0.1) is 0 Å². The minimum Gasteiger partial charge on any atom is -0.871 e. The lowest BCUT2D eigenvalue weighted by atomic mass is 10.2. The van der Waals surface area contributed by atoms with Gasteiger partial charge in [0.15, 0.2) is 0 Å². The molecule has 0 radical (unpaired) electrons. The Labute approximate surface area is 137 Å². The van der Waals surface area contributed by atoms with Crippen LogP contribution in [0.3, 0.4) is 0 Å². The molecule has 1 fully saturated rings. The van der Waals surface area contributed by atoms with Crippen molar-refractivity contribution in [1.82, 2.24) is 5.32 Å². The summed E-state index contributed by atoms with van der Waals surface area (Å²) in [5.74, 6) is -3.55. The van der Waals surface area contributed by atoms with Crippen LogP contribution >= 0.6 is 0 Å². The lowest BCUT2D eigenvalue weighted by Gasteiger charge is -2.16. The molecular formula is C11H16N2O9S2. The molecular weight excluding hydrogens is 368 g/mol. The smallest absolute Gasteiger partial charge is 0.335 e. The van der Waals surface area contributed by atoms with Gasteiger partial charge in [-0.05, 0) is 12.1 Å². The van der Waals surface area contributed by atoms with Crippen LogP contribution in [0.25, 0.3) is 0 Å². The van der Waals surface area contributed by atoms with Crippen molar-refractivity contribution in [2.75, 3.05) is 26.2 Å². The molecule has 0 atom stereocenters. The van der Waals surface area contributed by atoms with Crippen LogP contribution in [0.2, 0.25) is 0 Å². The van der Waals surface area contributed by atoms with E-state index in [-0.39, 0.29) is 0 Å². The number of nitrogens with one attached hydrogen (secondary N) is 1. The first-order valence-corrected chi connectivity index (χ1v) is 9.39. The van der Waals surface area contributed by atoms with Crippen LogP contribution in [0.5, 0.6) is 5.75 Å². The van der Waals surface area contributed by atoms with Crippen molar-refractivity contribution in [3.8, 4) is 5.75 Å². The Hall–Kier alpha value is -1.77. The maximum absolute atomic E-state index is 11.4. The minimum atomic E-state index is -5.32. The first-order valence-electron chi connectivity index (χ1n) is 6.51. The fourth-order valence-electron chi connectivity index (χ4n) is 1.84. The molecule has 6 N–H and O–H groups in total. The van der Waals surface area contributed by atoms with Crippen LogP contribution in [0.15, 0.2) is 21.9 Å². The zero-order valence-corrected chi connectivity index (χ0v) is 13.8. The van der Waals surface area contributed by atoms with E-state index >= 15 is 0 Å². The van der Waals surface area contributed by atoms with E-state index in [1.165, 1.54) is 26.2 Å². The van der Waals surface area contributed by atoms with Gasteiger partial charge in [0.1, 0.15) is 9.79 Å². The molecule has 13 heteroatoms. The average Bonchev–Trinajstić information content (AvgIpc) is 2.46. The molecule has 0 spiro atoms. The highest BCUT2D eigenvalue weighted by Gasteiger charge is 2.26. The quantitative estimate of drug-likeness (QED) is 0.337. The van der Waals surface area contributed by atoms with Gasteiger partial charge in [0, 0.05) is 13.1 Å². The Morgan fingerprint density at radius 3 is 1.92 bits per heavy atom. The monoisotopic (exact) mass is 384 g/mol. The lowest BCUT2D eigenvalue weighted by Crippen LogP contribution is -2.89. The normalized spacial score (nSPS) is 15.2.